The molecular formula is C36H34F2N2O6. The number of nitrogens with one attached hydrogen (secondary N) is 2. The predicted molar refractivity (Wildman–Crippen MR) is 170 cm³/mol. The molecule has 0 atom stereocenters. The molecule has 46 heavy (non-hydrogen) atoms. The van der Waals surface area contributed by atoms with Gasteiger partial charge in [0.15, 0.2) is 0 Å². The number of anilines is 1. The van der Waals surface area contributed by atoms with Crippen molar-refractivity contribution in [1.29, 1.82) is 0 Å². The van der Waals surface area contributed by atoms with Gasteiger partial charge in [-0.15, -0.1) is 0 Å². The zero-order valence-corrected chi connectivity index (χ0v) is 25.8. The summed E-state index contributed by atoms with van der Waals surface area (Å²) in [6, 6.07) is 11.7. The van der Waals surface area contributed by atoms with Crippen LogP contribution in [0.3, 0.4) is 0 Å². The van der Waals surface area contributed by atoms with Crippen LogP contribution in [0, 0.1) is 17.0 Å². The fourth-order valence-corrected chi connectivity index (χ4v) is 5.41. The van der Waals surface area contributed by atoms with E-state index in [1.54, 1.807) is 42.5 Å². The van der Waals surface area contributed by atoms with Crippen LogP contribution in [-0.4, -0.2) is 38.9 Å². The van der Waals surface area contributed by atoms with Crippen LogP contribution < -0.4 is 20.1 Å². The highest BCUT2D eigenvalue weighted by Crippen LogP contribution is 2.48. The molecule has 3 aromatic rings. The molecule has 0 heterocycles. The van der Waals surface area contributed by atoms with Gasteiger partial charge < -0.3 is 24.8 Å². The lowest BCUT2D eigenvalue weighted by atomic mass is 9.94. The largest absolute Gasteiger partial charge is 0.496 e. The summed E-state index contributed by atoms with van der Waals surface area (Å²) in [4.78, 5) is 38.8. The number of hydrogen-bond donors (Lipinski definition) is 2. The Hall–Kier alpha value is -5.25. The van der Waals surface area contributed by atoms with Gasteiger partial charge >= 0.3 is 0 Å². The average Bonchev–Trinajstić information content (AvgIpc) is 3.89. The summed E-state index contributed by atoms with van der Waals surface area (Å²) in [5.41, 5.74) is 2.23. The first kappa shape index (κ1) is 32.2. The second-order valence-electron chi connectivity index (χ2n) is 11.1. The molecule has 0 spiro atoms. The number of ketones is 1. The molecule has 3 aromatic carbocycles. The highest BCUT2D eigenvalue weighted by molar-refractivity contribution is 6.13. The molecule has 2 aliphatic rings. The van der Waals surface area contributed by atoms with Gasteiger partial charge in [0.1, 0.15) is 46.7 Å². The number of aryl methyl sites for hydroxylation is 1. The molecule has 0 aromatic heterocycles. The second kappa shape index (κ2) is 13.4. The van der Waals surface area contributed by atoms with Crippen LogP contribution in [0.5, 0.6) is 11.5 Å². The minimum absolute atomic E-state index is 0.0823. The lowest BCUT2D eigenvalue weighted by Crippen LogP contribution is -2.31. The minimum Gasteiger partial charge on any atom is -0.496 e. The van der Waals surface area contributed by atoms with E-state index in [0.717, 1.165) is 0 Å². The molecule has 0 aliphatic heterocycles. The van der Waals surface area contributed by atoms with Gasteiger partial charge in [0.2, 0.25) is 5.91 Å². The van der Waals surface area contributed by atoms with E-state index in [1.165, 1.54) is 45.5 Å². The highest BCUT2D eigenvalue weighted by atomic mass is 19.1. The maximum Gasteiger partial charge on any atom is 0.254 e. The highest BCUT2D eigenvalue weighted by Gasteiger charge is 2.55. The molecule has 1 fully saturated rings. The fraction of sp³-hybridized carbons (Fsp3) is 0.250. The zero-order chi connectivity index (χ0) is 33.0. The monoisotopic (exact) mass is 628 g/mol. The van der Waals surface area contributed by atoms with E-state index in [1.807, 2.05) is 0 Å². The van der Waals surface area contributed by atoms with Crippen LogP contribution in [0.2, 0.25) is 0 Å². The van der Waals surface area contributed by atoms with Crippen molar-refractivity contribution in [3.63, 3.8) is 0 Å². The molecule has 10 heteroatoms. The molecule has 2 N–H and O–H groups in total. The van der Waals surface area contributed by atoms with E-state index in [0.29, 0.717) is 64.3 Å². The van der Waals surface area contributed by atoms with E-state index < -0.39 is 23.0 Å². The number of carbonyl (C=O) groups excluding carboxylic acids is 3. The Kier molecular flexibility index (Phi) is 9.36. The number of amides is 2. The number of Topliss-reactive ketones (excluding diaryl/α,β-unsaturated/α-hetero) is 1. The Morgan fingerprint density at radius 3 is 2.35 bits per heavy atom. The van der Waals surface area contributed by atoms with Gasteiger partial charge in [-0.3, -0.25) is 14.4 Å². The van der Waals surface area contributed by atoms with Gasteiger partial charge in [-0.05, 0) is 72.4 Å². The topological polar surface area (TPSA) is 103 Å². The van der Waals surface area contributed by atoms with Gasteiger partial charge in [-0.2, -0.15) is 0 Å². The third kappa shape index (κ3) is 6.56. The molecule has 2 amide bonds. The van der Waals surface area contributed by atoms with Gasteiger partial charge in [0.05, 0.1) is 19.8 Å². The summed E-state index contributed by atoms with van der Waals surface area (Å²) in [6.07, 6.45) is 6.44. The third-order valence-corrected chi connectivity index (χ3v) is 8.25. The maximum atomic E-state index is 15.2. The summed E-state index contributed by atoms with van der Waals surface area (Å²) >= 11 is 0. The summed E-state index contributed by atoms with van der Waals surface area (Å²) in [5, 5.41) is 5.29. The Morgan fingerprint density at radius 1 is 0.935 bits per heavy atom. The normalized spacial score (nSPS) is 14.4. The summed E-state index contributed by atoms with van der Waals surface area (Å²) in [5.74, 6) is -0.975. The Balaban J connectivity index is 1.25. The van der Waals surface area contributed by atoms with E-state index in [-0.39, 0.29) is 36.0 Å². The van der Waals surface area contributed by atoms with Gasteiger partial charge in [0, 0.05) is 36.3 Å². The summed E-state index contributed by atoms with van der Waals surface area (Å²) in [6.45, 7) is 3.95. The van der Waals surface area contributed by atoms with Gasteiger partial charge in [-0.25, -0.2) is 8.78 Å². The van der Waals surface area contributed by atoms with Crippen LogP contribution in [0.15, 0.2) is 73.3 Å². The molecule has 0 unspecified atom stereocenters. The van der Waals surface area contributed by atoms with Crippen molar-refractivity contribution in [3.05, 3.63) is 113 Å². The molecular weight excluding hydrogens is 594 g/mol. The number of hydrogen-bond acceptors (Lipinski definition) is 6. The molecule has 0 saturated heterocycles. The molecule has 0 bridgehead atoms. The SMILES string of the molecule is C=C1C=CC=C(OCc2ccc(NC(=O)C3(C(=O)CCc4ccc(F)cc4OC)CC3)cc2F)c2cc(C(=O)NC)c(OC)cc21. The van der Waals surface area contributed by atoms with Crippen LogP contribution in [0.1, 0.15) is 51.9 Å². The van der Waals surface area contributed by atoms with Crippen molar-refractivity contribution in [2.45, 2.75) is 32.3 Å². The summed E-state index contributed by atoms with van der Waals surface area (Å²) < 4.78 is 45.4. The number of ether oxygens (including phenoxy) is 3. The lowest BCUT2D eigenvalue weighted by Gasteiger charge is -2.18. The van der Waals surface area contributed by atoms with Crippen LogP contribution in [0.25, 0.3) is 11.3 Å². The number of fused-ring (bicyclic) bond motifs is 1. The molecule has 2 aliphatic carbocycles. The Bertz CT molecular complexity index is 1790. The first-order valence-corrected chi connectivity index (χ1v) is 14.7. The maximum absolute atomic E-state index is 15.2. The Morgan fingerprint density at radius 2 is 1.67 bits per heavy atom. The van der Waals surface area contributed by atoms with Gasteiger partial charge in [0.25, 0.3) is 5.91 Å². The van der Waals surface area contributed by atoms with Crippen LogP contribution in [0.4, 0.5) is 14.5 Å². The van der Waals surface area contributed by atoms with E-state index in [2.05, 4.69) is 17.2 Å². The quantitative estimate of drug-likeness (QED) is 0.225. The molecule has 5 rings (SSSR count). The van der Waals surface area contributed by atoms with Crippen molar-refractivity contribution >= 4 is 34.6 Å². The number of allylic oxidation sites excluding steroid dienone is 4. The van der Waals surface area contributed by atoms with Crippen LogP contribution >= 0.6 is 0 Å². The average molecular weight is 629 g/mol. The van der Waals surface area contributed by atoms with Crippen molar-refractivity contribution < 1.29 is 37.4 Å². The smallest absolute Gasteiger partial charge is 0.254 e. The van der Waals surface area contributed by atoms with Crippen molar-refractivity contribution in [2.24, 2.45) is 5.41 Å². The number of benzene rings is 3. The summed E-state index contributed by atoms with van der Waals surface area (Å²) in [7, 11) is 4.42. The number of methoxy groups -OCH3 is 2. The zero-order valence-electron chi connectivity index (χ0n) is 25.8. The van der Waals surface area contributed by atoms with E-state index in [9.17, 15) is 18.8 Å². The third-order valence-electron chi connectivity index (χ3n) is 8.25. The second-order valence-corrected chi connectivity index (χ2v) is 11.1. The van der Waals surface area contributed by atoms with Crippen molar-refractivity contribution in [1.82, 2.24) is 5.32 Å². The standard InChI is InChI=1S/C36H34F2N2O6/c1-21-6-5-7-30(27-18-28(34(42)39-2)32(45-4)19-26(21)27)46-20-23-9-12-25(17-29(23)38)40-35(43)36(14-15-36)33(41)13-10-22-8-11-24(37)16-31(22)44-3/h5-9,11-12,16-19H,1,10,13-15,20H2,2-4H3,(H,39,42)(H,40,43). The number of carbonyl (C=O) groups is 3. The van der Waals surface area contributed by atoms with Gasteiger partial charge in [-0.1, -0.05) is 30.9 Å². The number of halogens is 2. The van der Waals surface area contributed by atoms with Crippen molar-refractivity contribution in [3.8, 4) is 11.5 Å². The Labute approximate surface area is 265 Å². The predicted octanol–water partition coefficient (Wildman–Crippen LogP) is 6.40. The number of rotatable bonds is 12. The molecule has 8 nitrogen and oxygen atoms in total. The first-order valence-electron chi connectivity index (χ1n) is 14.7. The van der Waals surface area contributed by atoms with E-state index in [4.69, 9.17) is 14.2 Å². The molecule has 238 valence electrons. The van der Waals surface area contributed by atoms with E-state index >= 15 is 4.39 Å². The molecule has 0 radical (unpaired) electrons. The minimum atomic E-state index is -1.17. The molecule has 1 saturated carbocycles. The van der Waals surface area contributed by atoms with Crippen LogP contribution in [-0.2, 0) is 27.4 Å². The fourth-order valence-electron chi connectivity index (χ4n) is 5.41. The first-order chi connectivity index (χ1) is 22.1. The van der Waals surface area contributed by atoms with Crippen molar-refractivity contribution in [2.75, 3.05) is 26.6 Å². The lowest BCUT2D eigenvalue weighted by molar-refractivity contribution is -0.133.